The number of aliphatic carboxylic acids is 1. The lowest BCUT2D eigenvalue weighted by molar-refractivity contribution is -0.555. The first-order chi connectivity index (χ1) is 6.08. The number of nitro groups is 1. The normalized spacial score (nSPS) is 15.7. The molecule has 0 amide bonds. The van der Waals surface area contributed by atoms with Crippen LogP contribution in [0.15, 0.2) is 0 Å². The lowest BCUT2D eigenvalue weighted by Crippen LogP contribution is -2.61. The third-order valence-electron chi connectivity index (χ3n) is 2.18. The maximum Gasteiger partial charge on any atom is 0.391 e. The van der Waals surface area contributed by atoms with Gasteiger partial charge in [0.25, 0.3) is 0 Å². The Bertz CT molecular complexity index is 253. The molecule has 0 fully saturated rings. The molecule has 0 aromatic carbocycles. The molecule has 0 radical (unpaired) electrons. The second kappa shape index (κ2) is 3.36. The molecule has 14 heavy (non-hydrogen) atoms. The number of carbonyl (C=O) groups excluding carboxylic acids is 1. The standard InChI is InChI=1S/C8H13NO5/c1-5(10)8(6(11)12,9(13)14)7(2,3)4/h1-4H3,(H,11,12). The van der Waals surface area contributed by atoms with Gasteiger partial charge in [0.05, 0.1) is 5.41 Å². The van der Waals surface area contributed by atoms with Crippen LogP contribution in [0.5, 0.6) is 0 Å². The molecule has 80 valence electrons. The van der Waals surface area contributed by atoms with Gasteiger partial charge in [0.15, 0.2) is 0 Å². The molecular formula is C8H13NO5. The molecule has 0 aliphatic carbocycles. The van der Waals surface area contributed by atoms with Gasteiger partial charge in [-0.2, -0.15) is 0 Å². The first-order valence-corrected chi connectivity index (χ1v) is 3.97. The average Bonchev–Trinajstić information content (AvgIpc) is 1.79. The Morgan fingerprint density at radius 2 is 1.64 bits per heavy atom. The molecule has 0 aromatic rings. The van der Waals surface area contributed by atoms with Crippen molar-refractivity contribution in [3.63, 3.8) is 0 Å². The van der Waals surface area contributed by atoms with Crippen molar-refractivity contribution < 1.29 is 19.6 Å². The molecule has 0 spiro atoms. The predicted molar refractivity (Wildman–Crippen MR) is 47.5 cm³/mol. The predicted octanol–water partition coefficient (Wildman–Crippen LogP) is 0.722. The number of Topliss-reactive ketones (excluding diaryl/α,β-unsaturated/α-hetero) is 1. The van der Waals surface area contributed by atoms with Gasteiger partial charge in [0.2, 0.25) is 5.78 Å². The SMILES string of the molecule is CC(=O)C(C(=O)O)([N+](=O)[O-])C(C)(C)C. The third kappa shape index (κ3) is 1.47. The zero-order chi connectivity index (χ0) is 11.7. The van der Waals surface area contributed by atoms with E-state index in [4.69, 9.17) is 5.11 Å². The van der Waals surface area contributed by atoms with E-state index in [1.54, 1.807) is 0 Å². The van der Waals surface area contributed by atoms with Crippen LogP contribution in [-0.2, 0) is 9.59 Å². The number of nitrogens with zero attached hydrogens (tertiary/aromatic N) is 1. The highest BCUT2D eigenvalue weighted by Crippen LogP contribution is 2.34. The molecule has 0 saturated heterocycles. The summed E-state index contributed by atoms with van der Waals surface area (Å²) < 4.78 is 0. The summed E-state index contributed by atoms with van der Waals surface area (Å²) in [6.07, 6.45) is 0. The van der Waals surface area contributed by atoms with Gasteiger partial charge < -0.3 is 5.11 Å². The summed E-state index contributed by atoms with van der Waals surface area (Å²) in [7, 11) is 0. The average molecular weight is 203 g/mol. The fourth-order valence-electron chi connectivity index (χ4n) is 1.48. The number of rotatable bonds is 3. The topological polar surface area (TPSA) is 97.5 Å². The Hall–Kier alpha value is -1.46. The van der Waals surface area contributed by atoms with Crippen LogP contribution in [0.4, 0.5) is 0 Å². The van der Waals surface area contributed by atoms with Crippen molar-refractivity contribution in [3.05, 3.63) is 10.1 Å². The van der Waals surface area contributed by atoms with Crippen molar-refractivity contribution in [2.45, 2.75) is 33.2 Å². The minimum atomic E-state index is -2.56. The van der Waals surface area contributed by atoms with E-state index in [-0.39, 0.29) is 0 Å². The van der Waals surface area contributed by atoms with Crippen molar-refractivity contribution in [2.75, 3.05) is 0 Å². The van der Waals surface area contributed by atoms with Crippen molar-refractivity contribution >= 4 is 11.8 Å². The van der Waals surface area contributed by atoms with Crippen LogP contribution >= 0.6 is 0 Å². The second-order valence-corrected chi connectivity index (χ2v) is 4.08. The lowest BCUT2D eigenvalue weighted by atomic mass is 9.71. The Kier molecular flexibility index (Phi) is 3.01. The van der Waals surface area contributed by atoms with E-state index in [9.17, 15) is 19.7 Å². The Morgan fingerprint density at radius 3 is 1.64 bits per heavy atom. The molecule has 6 nitrogen and oxygen atoms in total. The van der Waals surface area contributed by atoms with Crippen molar-refractivity contribution in [1.82, 2.24) is 0 Å². The van der Waals surface area contributed by atoms with E-state index in [1.807, 2.05) is 0 Å². The molecule has 0 aliphatic heterocycles. The number of hydrogen-bond acceptors (Lipinski definition) is 4. The number of carboxylic acid groups (broad SMARTS) is 1. The Balaban J connectivity index is 5.78. The van der Waals surface area contributed by atoms with Crippen LogP contribution in [0, 0.1) is 15.5 Å². The van der Waals surface area contributed by atoms with Gasteiger partial charge in [0.1, 0.15) is 0 Å². The van der Waals surface area contributed by atoms with Crippen LogP contribution in [0.25, 0.3) is 0 Å². The molecule has 6 heteroatoms. The van der Waals surface area contributed by atoms with Gasteiger partial charge in [-0.3, -0.25) is 14.9 Å². The summed E-state index contributed by atoms with van der Waals surface area (Å²) in [5.41, 5.74) is -3.83. The summed E-state index contributed by atoms with van der Waals surface area (Å²) in [4.78, 5) is 31.8. The zero-order valence-electron chi connectivity index (χ0n) is 8.53. The van der Waals surface area contributed by atoms with Crippen LogP contribution in [0.1, 0.15) is 27.7 Å². The van der Waals surface area contributed by atoms with Gasteiger partial charge in [-0.15, -0.1) is 0 Å². The van der Waals surface area contributed by atoms with Crippen LogP contribution in [0.3, 0.4) is 0 Å². The number of hydrogen-bond donors (Lipinski definition) is 1. The molecule has 0 heterocycles. The van der Waals surface area contributed by atoms with Gasteiger partial charge in [-0.05, 0) is 0 Å². The fourth-order valence-corrected chi connectivity index (χ4v) is 1.48. The monoisotopic (exact) mass is 203 g/mol. The van der Waals surface area contributed by atoms with E-state index >= 15 is 0 Å². The maximum atomic E-state index is 11.2. The van der Waals surface area contributed by atoms with Gasteiger partial charge in [-0.25, -0.2) is 4.79 Å². The zero-order valence-corrected chi connectivity index (χ0v) is 8.53. The molecule has 0 bridgehead atoms. The quantitative estimate of drug-likeness (QED) is 0.414. The minimum absolute atomic E-state index is 0.919. The highest BCUT2D eigenvalue weighted by Gasteiger charge is 2.65. The summed E-state index contributed by atoms with van der Waals surface area (Å²) in [5, 5.41) is 19.6. The first-order valence-electron chi connectivity index (χ1n) is 3.97. The highest BCUT2D eigenvalue weighted by molar-refractivity contribution is 6.05. The first kappa shape index (κ1) is 12.5. The molecule has 0 aromatic heterocycles. The molecule has 1 unspecified atom stereocenters. The molecule has 1 N–H and O–H groups in total. The summed E-state index contributed by atoms with van der Waals surface area (Å²) in [6, 6.07) is 0. The smallest absolute Gasteiger partial charge is 0.391 e. The lowest BCUT2D eigenvalue weighted by Gasteiger charge is -2.30. The Labute approximate surface area is 81.1 Å². The van der Waals surface area contributed by atoms with Crippen molar-refractivity contribution in [3.8, 4) is 0 Å². The van der Waals surface area contributed by atoms with Crippen LogP contribution in [0.2, 0.25) is 0 Å². The third-order valence-corrected chi connectivity index (χ3v) is 2.18. The van der Waals surface area contributed by atoms with E-state index in [1.165, 1.54) is 20.8 Å². The maximum absolute atomic E-state index is 11.2. The van der Waals surface area contributed by atoms with Gasteiger partial charge in [-0.1, -0.05) is 20.8 Å². The van der Waals surface area contributed by atoms with Gasteiger partial charge >= 0.3 is 11.5 Å². The fraction of sp³-hybridized carbons (Fsp3) is 0.750. The van der Waals surface area contributed by atoms with E-state index in [0.29, 0.717) is 0 Å². The second-order valence-electron chi connectivity index (χ2n) is 4.08. The molecule has 0 rings (SSSR count). The molecular weight excluding hydrogens is 190 g/mol. The molecule has 1 atom stereocenters. The molecule has 0 saturated carbocycles. The van der Waals surface area contributed by atoms with Crippen molar-refractivity contribution in [2.24, 2.45) is 5.41 Å². The minimum Gasteiger partial charge on any atom is -0.476 e. The largest absolute Gasteiger partial charge is 0.476 e. The van der Waals surface area contributed by atoms with Gasteiger partial charge in [0, 0.05) is 11.8 Å². The number of ketones is 1. The number of carboxylic acids is 1. The van der Waals surface area contributed by atoms with Crippen LogP contribution in [-0.4, -0.2) is 27.3 Å². The highest BCUT2D eigenvalue weighted by atomic mass is 16.6. The van der Waals surface area contributed by atoms with E-state index in [2.05, 4.69) is 0 Å². The number of carbonyl (C=O) groups is 2. The molecule has 0 aliphatic rings. The van der Waals surface area contributed by atoms with Crippen molar-refractivity contribution in [1.29, 1.82) is 0 Å². The van der Waals surface area contributed by atoms with E-state index < -0.39 is 27.6 Å². The summed E-state index contributed by atoms with van der Waals surface area (Å²) >= 11 is 0. The Morgan fingerprint density at radius 1 is 1.29 bits per heavy atom. The summed E-state index contributed by atoms with van der Waals surface area (Å²) in [6.45, 7) is 4.98. The van der Waals surface area contributed by atoms with E-state index in [0.717, 1.165) is 6.92 Å². The van der Waals surface area contributed by atoms with Crippen LogP contribution < -0.4 is 0 Å². The summed E-state index contributed by atoms with van der Waals surface area (Å²) in [5.74, 6) is -2.69.